The van der Waals surface area contributed by atoms with Gasteiger partial charge in [0.25, 0.3) is 0 Å². The second-order valence-corrected chi connectivity index (χ2v) is 8.07. The molecule has 1 unspecified atom stereocenters. The second-order valence-electron chi connectivity index (χ2n) is 6.79. The van der Waals surface area contributed by atoms with Gasteiger partial charge in [0.2, 0.25) is 5.91 Å². The SMILES string of the molecule is CC1(C)CCCC(NC(=O)CSC2CCNCC2)C1. The lowest BCUT2D eigenvalue weighted by Gasteiger charge is -2.35. The maximum atomic E-state index is 12.0. The average molecular weight is 284 g/mol. The van der Waals surface area contributed by atoms with Crippen LogP contribution in [0.3, 0.4) is 0 Å². The molecular formula is C15H28N2OS. The first-order valence-electron chi connectivity index (χ1n) is 7.67. The number of hydrogen-bond acceptors (Lipinski definition) is 3. The Labute approximate surface area is 121 Å². The summed E-state index contributed by atoms with van der Waals surface area (Å²) in [7, 11) is 0. The molecule has 1 saturated carbocycles. The van der Waals surface area contributed by atoms with Gasteiger partial charge in [-0.3, -0.25) is 4.79 Å². The molecule has 2 N–H and O–H groups in total. The van der Waals surface area contributed by atoms with Crippen LogP contribution in [0.15, 0.2) is 0 Å². The highest BCUT2D eigenvalue weighted by molar-refractivity contribution is 8.00. The predicted molar refractivity (Wildman–Crippen MR) is 82.5 cm³/mol. The molecule has 0 radical (unpaired) electrons. The highest BCUT2D eigenvalue weighted by atomic mass is 32.2. The van der Waals surface area contributed by atoms with Gasteiger partial charge in [0.1, 0.15) is 0 Å². The fourth-order valence-corrected chi connectivity index (χ4v) is 4.29. The molecule has 1 heterocycles. The summed E-state index contributed by atoms with van der Waals surface area (Å²) in [6, 6.07) is 0.407. The molecule has 1 aliphatic carbocycles. The summed E-state index contributed by atoms with van der Waals surface area (Å²) < 4.78 is 0. The van der Waals surface area contributed by atoms with E-state index in [0.29, 0.717) is 22.5 Å². The van der Waals surface area contributed by atoms with Gasteiger partial charge in [0.05, 0.1) is 5.75 Å². The van der Waals surface area contributed by atoms with Crippen molar-refractivity contribution < 1.29 is 4.79 Å². The Balaban J connectivity index is 1.66. The Hall–Kier alpha value is -0.220. The number of nitrogens with one attached hydrogen (secondary N) is 2. The van der Waals surface area contributed by atoms with Crippen LogP contribution in [0.5, 0.6) is 0 Å². The highest BCUT2D eigenvalue weighted by Crippen LogP contribution is 2.35. The van der Waals surface area contributed by atoms with Crippen molar-refractivity contribution >= 4 is 17.7 Å². The molecule has 0 aromatic carbocycles. The number of carbonyl (C=O) groups excluding carboxylic acids is 1. The standard InChI is InChI=1S/C15H28N2OS/c1-15(2)7-3-4-12(10-15)17-14(18)11-19-13-5-8-16-9-6-13/h12-13,16H,3-11H2,1-2H3,(H,17,18). The smallest absolute Gasteiger partial charge is 0.230 e. The van der Waals surface area contributed by atoms with Gasteiger partial charge in [-0.1, -0.05) is 20.3 Å². The summed E-state index contributed by atoms with van der Waals surface area (Å²) in [5.74, 6) is 0.882. The van der Waals surface area contributed by atoms with E-state index in [9.17, 15) is 4.79 Å². The summed E-state index contributed by atoms with van der Waals surface area (Å²) in [5.41, 5.74) is 0.401. The van der Waals surface area contributed by atoms with Crippen LogP contribution in [-0.2, 0) is 4.79 Å². The van der Waals surface area contributed by atoms with Crippen molar-refractivity contribution in [3.63, 3.8) is 0 Å². The molecule has 2 fully saturated rings. The normalized spacial score (nSPS) is 28.0. The van der Waals surface area contributed by atoms with E-state index < -0.39 is 0 Å². The van der Waals surface area contributed by atoms with Gasteiger partial charge in [0.15, 0.2) is 0 Å². The van der Waals surface area contributed by atoms with Gasteiger partial charge in [-0.2, -0.15) is 0 Å². The summed E-state index contributed by atoms with van der Waals surface area (Å²) in [6.07, 6.45) is 7.25. The molecule has 0 bridgehead atoms. The quantitative estimate of drug-likeness (QED) is 0.833. The first-order chi connectivity index (χ1) is 9.05. The number of carbonyl (C=O) groups is 1. The van der Waals surface area contributed by atoms with Crippen LogP contribution >= 0.6 is 11.8 Å². The van der Waals surface area contributed by atoms with Crippen molar-refractivity contribution in [3.8, 4) is 0 Å². The van der Waals surface area contributed by atoms with Gasteiger partial charge in [0, 0.05) is 11.3 Å². The summed E-state index contributed by atoms with van der Waals surface area (Å²) in [6.45, 7) is 6.84. The van der Waals surface area contributed by atoms with Crippen molar-refractivity contribution in [1.82, 2.24) is 10.6 Å². The molecule has 0 aromatic rings. The van der Waals surface area contributed by atoms with Crippen LogP contribution in [0.4, 0.5) is 0 Å². The number of thioether (sulfide) groups is 1. The molecule has 4 heteroatoms. The molecular weight excluding hydrogens is 256 g/mol. The van der Waals surface area contributed by atoms with Crippen molar-refractivity contribution in [1.29, 1.82) is 0 Å². The van der Waals surface area contributed by atoms with E-state index in [4.69, 9.17) is 0 Å². The van der Waals surface area contributed by atoms with E-state index in [-0.39, 0.29) is 5.91 Å². The summed E-state index contributed by atoms with van der Waals surface area (Å²) in [4.78, 5) is 12.0. The Kier molecular flexibility index (Phi) is 5.58. The maximum absolute atomic E-state index is 12.0. The van der Waals surface area contributed by atoms with Crippen molar-refractivity contribution in [2.24, 2.45) is 5.41 Å². The second kappa shape index (κ2) is 6.98. The largest absolute Gasteiger partial charge is 0.353 e. The third kappa shape index (κ3) is 5.35. The fraction of sp³-hybridized carbons (Fsp3) is 0.933. The predicted octanol–water partition coefficient (Wildman–Crippen LogP) is 2.56. The van der Waals surface area contributed by atoms with Crippen LogP contribution in [0.25, 0.3) is 0 Å². The first-order valence-corrected chi connectivity index (χ1v) is 8.72. The zero-order valence-electron chi connectivity index (χ0n) is 12.3. The molecule has 19 heavy (non-hydrogen) atoms. The molecule has 1 amide bonds. The average Bonchev–Trinajstić information content (AvgIpc) is 2.36. The van der Waals surface area contributed by atoms with Crippen molar-refractivity contribution in [3.05, 3.63) is 0 Å². The van der Waals surface area contributed by atoms with Crippen LogP contribution < -0.4 is 10.6 Å². The van der Waals surface area contributed by atoms with E-state index in [1.54, 1.807) is 0 Å². The lowest BCUT2D eigenvalue weighted by atomic mass is 9.75. The Bertz CT molecular complexity index is 301. The Morgan fingerprint density at radius 1 is 1.32 bits per heavy atom. The number of rotatable bonds is 4. The lowest BCUT2D eigenvalue weighted by molar-refractivity contribution is -0.119. The van der Waals surface area contributed by atoms with Crippen LogP contribution in [0.2, 0.25) is 0 Å². The summed E-state index contributed by atoms with van der Waals surface area (Å²) >= 11 is 1.84. The molecule has 0 aromatic heterocycles. The molecule has 2 aliphatic rings. The van der Waals surface area contributed by atoms with Gasteiger partial charge < -0.3 is 10.6 Å². The molecule has 2 rings (SSSR count). The zero-order chi connectivity index (χ0) is 13.7. The minimum Gasteiger partial charge on any atom is -0.353 e. The Morgan fingerprint density at radius 2 is 2.05 bits per heavy atom. The van der Waals surface area contributed by atoms with Gasteiger partial charge in [-0.05, 0) is 50.6 Å². The molecule has 3 nitrogen and oxygen atoms in total. The van der Waals surface area contributed by atoms with Gasteiger partial charge in [-0.15, -0.1) is 11.8 Å². The number of hydrogen-bond donors (Lipinski definition) is 2. The van der Waals surface area contributed by atoms with E-state index in [2.05, 4.69) is 24.5 Å². The van der Waals surface area contributed by atoms with Gasteiger partial charge in [-0.25, -0.2) is 0 Å². The maximum Gasteiger partial charge on any atom is 0.230 e. The van der Waals surface area contributed by atoms with E-state index in [1.807, 2.05) is 11.8 Å². The number of amides is 1. The van der Waals surface area contributed by atoms with Crippen molar-refractivity contribution in [2.75, 3.05) is 18.8 Å². The first kappa shape index (κ1) is 15.2. The number of piperidine rings is 1. The van der Waals surface area contributed by atoms with Gasteiger partial charge >= 0.3 is 0 Å². The minimum atomic E-state index is 0.242. The molecule has 0 spiro atoms. The van der Waals surface area contributed by atoms with E-state index >= 15 is 0 Å². The van der Waals surface area contributed by atoms with E-state index in [0.717, 1.165) is 25.9 Å². The van der Waals surface area contributed by atoms with Crippen LogP contribution in [-0.4, -0.2) is 36.0 Å². The fourth-order valence-electron chi connectivity index (χ4n) is 3.25. The third-order valence-electron chi connectivity index (χ3n) is 4.31. The molecule has 110 valence electrons. The lowest BCUT2D eigenvalue weighted by Crippen LogP contribution is -2.41. The highest BCUT2D eigenvalue weighted by Gasteiger charge is 2.28. The summed E-state index contributed by atoms with van der Waals surface area (Å²) in [5, 5.41) is 7.28. The third-order valence-corrected chi connectivity index (χ3v) is 5.68. The van der Waals surface area contributed by atoms with Crippen LogP contribution in [0.1, 0.15) is 52.4 Å². The molecule has 1 aliphatic heterocycles. The van der Waals surface area contributed by atoms with E-state index in [1.165, 1.54) is 25.7 Å². The zero-order valence-corrected chi connectivity index (χ0v) is 13.2. The minimum absolute atomic E-state index is 0.242. The molecule has 1 saturated heterocycles. The molecule has 1 atom stereocenters. The topological polar surface area (TPSA) is 41.1 Å². The monoisotopic (exact) mass is 284 g/mol. The van der Waals surface area contributed by atoms with Crippen molar-refractivity contribution in [2.45, 2.75) is 63.7 Å². The van der Waals surface area contributed by atoms with Crippen LogP contribution in [0, 0.1) is 5.41 Å². The Morgan fingerprint density at radius 3 is 2.74 bits per heavy atom.